The summed E-state index contributed by atoms with van der Waals surface area (Å²) in [5, 5.41) is 16.4. The number of fused-ring (bicyclic) bond motifs is 5. The number of oxime groups is 1. The van der Waals surface area contributed by atoms with Crippen LogP contribution in [0.25, 0.3) is 0 Å². The molecule has 6 atom stereocenters. The third kappa shape index (κ3) is 5.06. The highest BCUT2D eigenvalue weighted by atomic mass is 16.6. The van der Waals surface area contributed by atoms with Crippen molar-refractivity contribution in [2.24, 2.45) is 51.5 Å². The van der Waals surface area contributed by atoms with Crippen LogP contribution in [0.5, 0.6) is 0 Å². The zero-order valence-electron chi connectivity index (χ0n) is 23.5. The Morgan fingerprint density at radius 2 is 1.76 bits per heavy atom. The number of hydrogen-bond acceptors (Lipinski definition) is 5. The Balaban J connectivity index is 1.13. The number of nitrogens with zero attached hydrogens (tertiary/aromatic N) is 1. The van der Waals surface area contributed by atoms with Crippen molar-refractivity contribution < 1.29 is 24.3 Å². The third-order valence-electron chi connectivity index (χ3n) is 11.6. The number of carboxylic acids is 1. The molecule has 4 fully saturated rings. The van der Waals surface area contributed by atoms with Crippen molar-refractivity contribution in [2.45, 2.75) is 97.8 Å². The van der Waals surface area contributed by atoms with Crippen molar-refractivity contribution in [1.29, 1.82) is 0 Å². The predicted octanol–water partition coefficient (Wildman–Crippen LogP) is 5.53. The second-order valence-electron chi connectivity index (χ2n) is 13.5. The summed E-state index contributed by atoms with van der Waals surface area (Å²) in [6, 6.07) is 0. The Morgan fingerprint density at radius 1 is 1.00 bits per heavy atom. The van der Waals surface area contributed by atoms with Crippen LogP contribution >= 0.6 is 0 Å². The van der Waals surface area contributed by atoms with Gasteiger partial charge in [-0.25, -0.2) is 0 Å². The molecular weight excluding hydrogens is 480 g/mol. The predicted molar refractivity (Wildman–Crippen MR) is 145 cm³/mol. The number of allylic oxidation sites excluding steroid dienone is 2. The quantitative estimate of drug-likeness (QED) is 0.424. The minimum Gasteiger partial charge on any atom is -0.481 e. The summed E-state index contributed by atoms with van der Waals surface area (Å²) in [5.74, 6) is 1.96. The monoisotopic (exact) mass is 526 g/mol. The van der Waals surface area contributed by atoms with Gasteiger partial charge in [0.25, 0.3) is 5.91 Å². The Labute approximate surface area is 227 Å². The molecule has 7 heteroatoms. The molecule has 0 heterocycles. The minimum atomic E-state index is -0.704. The molecule has 0 bridgehead atoms. The molecule has 4 saturated carbocycles. The lowest BCUT2D eigenvalue weighted by Crippen LogP contribution is -2.51. The molecule has 0 spiro atoms. The maximum Gasteiger partial charge on any atom is 0.306 e. The number of aliphatic carboxylic acids is 1. The highest BCUT2D eigenvalue weighted by Crippen LogP contribution is 2.66. The number of ketones is 1. The average molecular weight is 527 g/mol. The van der Waals surface area contributed by atoms with E-state index in [0.29, 0.717) is 42.9 Å². The van der Waals surface area contributed by atoms with Gasteiger partial charge in [0.1, 0.15) is 5.78 Å². The van der Waals surface area contributed by atoms with E-state index in [0.717, 1.165) is 50.2 Å². The van der Waals surface area contributed by atoms with Crippen molar-refractivity contribution in [3.05, 3.63) is 11.6 Å². The van der Waals surface area contributed by atoms with E-state index in [2.05, 4.69) is 30.4 Å². The molecule has 210 valence electrons. The first-order chi connectivity index (χ1) is 18.1. The van der Waals surface area contributed by atoms with Crippen LogP contribution < -0.4 is 5.32 Å². The Bertz CT molecular complexity index is 1010. The molecule has 0 aromatic carbocycles. The molecule has 5 rings (SSSR count). The van der Waals surface area contributed by atoms with Crippen molar-refractivity contribution in [3.8, 4) is 0 Å². The summed E-state index contributed by atoms with van der Waals surface area (Å²) >= 11 is 0. The fourth-order valence-electron chi connectivity index (χ4n) is 9.41. The molecule has 0 unspecified atom stereocenters. The normalized spacial score (nSPS) is 41.3. The summed E-state index contributed by atoms with van der Waals surface area (Å²) < 4.78 is 0. The maximum atomic E-state index is 12.4. The number of amides is 1. The topological polar surface area (TPSA) is 105 Å². The molecule has 0 radical (unpaired) electrons. The molecule has 0 aromatic rings. The molecule has 0 aromatic heterocycles. The number of nitrogens with one attached hydrogen (secondary N) is 1. The van der Waals surface area contributed by atoms with E-state index < -0.39 is 5.97 Å². The van der Waals surface area contributed by atoms with E-state index in [1.807, 2.05) is 0 Å². The van der Waals surface area contributed by atoms with Gasteiger partial charge in [0.2, 0.25) is 0 Å². The zero-order valence-corrected chi connectivity index (χ0v) is 23.5. The van der Waals surface area contributed by atoms with Crippen LogP contribution in [0, 0.1) is 46.3 Å². The summed E-state index contributed by atoms with van der Waals surface area (Å²) in [5.41, 5.74) is 2.83. The van der Waals surface area contributed by atoms with Gasteiger partial charge in [-0.1, -0.05) is 24.6 Å². The van der Waals surface area contributed by atoms with Crippen LogP contribution in [0.4, 0.5) is 0 Å². The van der Waals surface area contributed by atoms with Crippen LogP contribution in [-0.2, 0) is 19.2 Å². The number of rotatable bonds is 7. The van der Waals surface area contributed by atoms with Gasteiger partial charge in [0, 0.05) is 12.5 Å². The van der Waals surface area contributed by atoms with Gasteiger partial charge in [-0.15, -0.1) is 0 Å². The summed E-state index contributed by atoms with van der Waals surface area (Å²) in [7, 11) is 0. The van der Waals surface area contributed by atoms with Gasteiger partial charge in [-0.2, -0.15) is 0 Å². The molecule has 5 aliphatic carbocycles. The molecule has 5 aliphatic rings. The Morgan fingerprint density at radius 3 is 2.47 bits per heavy atom. The molecule has 38 heavy (non-hydrogen) atoms. The first-order valence-corrected chi connectivity index (χ1v) is 15.0. The fraction of sp³-hybridized carbons (Fsp3) is 0.806. The SMILES string of the molecule is CC(=O)[C@H]1CC[C@H]2[C@@H]3CCC4=C/C(=N\OCC(=O)NCC5CCC(C(=O)O)CC5)CC[C@]4(C)[C@H]3CC[C@]12C. The molecular formula is C31H46N2O5. The van der Waals surface area contributed by atoms with Crippen LogP contribution in [0.15, 0.2) is 16.8 Å². The Hall–Kier alpha value is -2.18. The van der Waals surface area contributed by atoms with Crippen LogP contribution in [0.3, 0.4) is 0 Å². The fourth-order valence-corrected chi connectivity index (χ4v) is 9.41. The van der Waals surface area contributed by atoms with Crippen molar-refractivity contribution >= 4 is 23.4 Å². The third-order valence-corrected chi connectivity index (χ3v) is 11.6. The largest absolute Gasteiger partial charge is 0.481 e. The highest BCUT2D eigenvalue weighted by molar-refractivity contribution is 5.96. The molecule has 0 aliphatic heterocycles. The van der Waals surface area contributed by atoms with E-state index in [4.69, 9.17) is 9.94 Å². The minimum absolute atomic E-state index is 0.0866. The second kappa shape index (κ2) is 10.8. The van der Waals surface area contributed by atoms with E-state index in [1.54, 1.807) is 6.92 Å². The van der Waals surface area contributed by atoms with Crippen LogP contribution in [-0.4, -0.2) is 41.6 Å². The molecule has 0 saturated heterocycles. The number of carbonyl (C=O) groups is 3. The van der Waals surface area contributed by atoms with Crippen LogP contribution in [0.2, 0.25) is 0 Å². The number of Topliss-reactive ketones (excluding diaryl/α,β-unsaturated/α-hetero) is 1. The van der Waals surface area contributed by atoms with Gasteiger partial charge in [-0.05, 0) is 125 Å². The van der Waals surface area contributed by atoms with Crippen molar-refractivity contribution in [1.82, 2.24) is 5.32 Å². The second-order valence-corrected chi connectivity index (χ2v) is 13.5. The van der Waals surface area contributed by atoms with Crippen molar-refractivity contribution in [3.63, 3.8) is 0 Å². The number of carbonyl (C=O) groups excluding carboxylic acids is 2. The van der Waals surface area contributed by atoms with Gasteiger partial charge < -0.3 is 15.3 Å². The summed E-state index contributed by atoms with van der Waals surface area (Å²) in [6.45, 7) is 7.16. The van der Waals surface area contributed by atoms with Crippen LogP contribution in [0.1, 0.15) is 97.8 Å². The highest BCUT2D eigenvalue weighted by Gasteiger charge is 2.59. The lowest BCUT2D eigenvalue weighted by Gasteiger charge is -2.58. The number of hydrogen-bond donors (Lipinski definition) is 2. The van der Waals surface area contributed by atoms with E-state index in [1.165, 1.54) is 31.3 Å². The van der Waals surface area contributed by atoms with Gasteiger partial charge in [-0.3, -0.25) is 14.4 Å². The zero-order chi connectivity index (χ0) is 27.1. The summed E-state index contributed by atoms with van der Waals surface area (Å²) in [6.07, 6.45) is 14.2. The lowest BCUT2D eigenvalue weighted by molar-refractivity contribution is -0.143. The Kier molecular flexibility index (Phi) is 7.76. The summed E-state index contributed by atoms with van der Waals surface area (Å²) in [4.78, 5) is 41.2. The van der Waals surface area contributed by atoms with Gasteiger partial charge in [0.05, 0.1) is 11.6 Å². The smallest absolute Gasteiger partial charge is 0.306 e. The lowest BCUT2D eigenvalue weighted by atomic mass is 9.46. The van der Waals surface area contributed by atoms with E-state index in [-0.39, 0.29) is 35.2 Å². The van der Waals surface area contributed by atoms with E-state index >= 15 is 0 Å². The van der Waals surface area contributed by atoms with Gasteiger partial charge >= 0.3 is 5.97 Å². The molecule has 1 amide bonds. The molecule has 2 N–H and O–H groups in total. The van der Waals surface area contributed by atoms with Crippen molar-refractivity contribution in [2.75, 3.05) is 13.2 Å². The molecule has 7 nitrogen and oxygen atoms in total. The first-order valence-electron chi connectivity index (χ1n) is 15.0. The standard InChI is InChI=1S/C31H46N2O5/c1-19(34)25-10-11-26-24-9-8-22-16-23(12-14-30(22,2)27(24)13-15-31(25,26)3)33-38-18-28(35)32-17-20-4-6-21(7-5-20)29(36)37/h16,20-21,24-27H,4-15,17-18H2,1-3H3,(H,32,35)(H,36,37)/b33-23-/t20?,21?,24-,25+,26-,27-,30-,31+/m0/s1. The maximum absolute atomic E-state index is 12.4. The van der Waals surface area contributed by atoms with Gasteiger partial charge in [0.15, 0.2) is 6.61 Å². The average Bonchev–Trinajstić information content (AvgIpc) is 3.25. The van der Waals surface area contributed by atoms with E-state index in [9.17, 15) is 14.4 Å². The number of carboxylic acid groups (broad SMARTS) is 1. The first kappa shape index (κ1) is 27.4.